The van der Waals surface area contributed by atoms with Gasteiger partial charge in [0.25, 0.3) is 0 Å². The molecule has 0 heterocycles. The molecule has 2 unspecified atom stereocenters. The zero-order valence-corrected chi connectivity index (χ0v) is 12.1. The van der Waals surface area contributed by atoms with E-state index in [0.29, 0.717) is 5.56 Å². The molecule has 0 saturated heterocycles. The molecule has 2 aromatic rings. The van der Waals surface area contributed by atoms with Crippen molar-refractivity contribution in [2.75, 3.05) is 0 Å². The fourth-order valence-corrected chi connectivity index (χ4v) is 2.29. The van der Waals surface area contributed by atoms with Crippen LogP contribution in [0.15, 0.2) is 42.5 Å². The van der Waals surface area contributed by atoms with Crippen molar-refractivity contribution in [2.45, 2.75) is 25.9 Å². The van der Waals surface area contributed by atoms with Crippen molar-refractivity contribution in [3.05, 3.63) is 70.2 Å². The number of rotatable bonds is 4. The molecule has 0 bridgehead atoms. The van der Waals surface area contributed by atoms with Gasteiger partial charge in [0.15, 0.2) is 0 Å². The van der Waals surface area contributed by atoms with Crippen LogP contribution in [-0.4, -0.2) is 0 Å². The Balaban J connectivity index is 2.13. The summed E-state index contributed by atoms with van der Waals surface area (Å²) < 4.78 is 27.1. The Bertz CT molecular complexity index is 601. The molecule has 0 aromatic heterocycles. The van der Waals surface area contributed by atoms with Gasteiger partial charge >= 0.3 is 0 Å². The number of halogens is 3. The minimum Gasteiger partial charge on any atom is -0.304 e. The predicted octanol–water partition coefficient (Wildman–Crippen LogP) is 5.03. The Labute approximate surface area is 122 Å². The highest BCUT2D eigenvalue weighted by Gasteiger charge is 2.15. The topological polar surface area (TPSA) is 12.0 Å². The third kappa shape index (κ3) is 3.35. The Morgan fingerprint density at radius 3 is 2.30 bits per heavy atom. The molecule has 2 aromatic carbocycles. The summed E-state index contributed by atoms with van der Waals surface area (Å²) in [4.78, 5) is 0. The maximum Gasteiger partial charge on any atom is 0.142 e. The first-order valence-electron chi connectivity index (χ1n) is 6.44. The molecule has 1 nitrogen and oxygen atoms in total. The van der Waals surface area contributed by atoms with Crippen LogP contribution in [0.4, 0.5) is 8.78 Å². The molecule has 1 N–H and O–H groups in total. The lowest BCUT2D eigenvalue weighted by molar-refractivity contribution is 0.472. The maximum absolute atomic E-state index is 13.7. The van der Waals surface area contributed by atoms with Crippen molar-refractivity contribution in [1.82, 2.24) is 5.32 Å². The van der Waals surface area contributed by atoms with Gasteiger partial charge in [-0.1, -0.05) is 35.9 Å². The van der Waals surface area contributed by atoms with Crippen LogP contribution in [0.25, 0.3) is 0 Å². The Morgan fingerprint density at radius 1 is 0.950 bits per heavy atom. The molecule has 106 valence electrons. The highest BCUT2D eigenvalue weighted by molar-refractivity contribution is 6.30. The largest absolute Gasteiger partial charge is 0.304 e. The van der Waals surface area contributed by atoms with E-state index in [0.717, 1.165) is 5.56 Å². The van der Waals surface area contributed by atoms with Gasteiger partial charge in [-0.25, -0.2) is 8.78 Å². The second kappa shape index (κ2) is 6.33. The van der Waals surface area contributed by atoms with Crippen LogP contribution in [0.5, 0.6) is 0 Å². The number of nitrogens with one attached hydrogen (secondary N) is 1. The maximum atomic E-state index is 13.7. The lowest BCUT2D eigenvalue weighted by Gasteiger charge is -2.21. The minimum atomic E-state index is -0.448. The Morgan fingerprint density at radius 2 is 1.65 bits per heavy atom. The van der Waals surface area contributed by atoms with Gasteiger partial charge in [-0.05, 0) is 37.6 Å². The quantitative estimate of drug-likeness (QED) is 0.834. The molecular weight excluding hydrogens is 280 g/mol. The zero-order chi connectivity index (χ0) is 14.7. The van der Waals surface area contributed by atoms with Crippen molar-refractivity contribution in [3.63, 3.8) is 0 Å². The third-order valence-electron chi connectivity index (χ3n) is 3.32. The molecule has 0 aliphatic heterocycles. The van der Waals surface area contributed by atoms with Gasteiger partial charge in [-0.2, -0.15) is 0 Å². The molecule has 2 atom stereocenters. The Hall–Kier alpha value is -1.45. The SMILES string of the molecule is CC(NC(C)c1ccccc1F)c1ccc(Cl)c(F)c1. The highest BCUT2D eigenvalue weighted by Crippen LogP contribution is 2.24. The second-order valence-electron chi connectivity index (χ2n) is 4.81. The normalized spacial score (nSPS) is 14.1. The summed E-state index contributed by atoms with van der Waals surface area (Å²) >= 11 is 5.66. The molecule has 0 amide bonds. The van der Waals surface area contributed by atoms with Crippen molar-refractivity contribution in [3.8, 4) is 0 Å². The van der Waals surface area contributed by atoms with E-state index in [2.05, 4.69) is 5.32 Å². The van der Waals surface area contributed by atoms with E-state index in [9.17, 15) is 8.78 Å². The summed E-state index contributed by atoms with van der Waals surface area (Å²) in [6.07, 6.45) is 0. The minimum absolute atomic E-state index is 0.100. The summed E-state index contributed by atoms with van der Waals surface area (Å²) in [6.45, 7) is 3.78. The molecule has 0 spiro atoms. The fourth-order valence-electron chi connectivity index (χ4n) is 2.17. The monoisotopic (exact) mass is 295 g/mol. The average molecular weight is 296 g/mol. The summed E-state index contributed by atoms with van der Waals surface area (Å²) in [5.74, 6) is -0.696. The third-order valence-corrected chi connectivity index (χ3v) is 3.62. The van der Waals surface area contributed by atoms with Crippen molar-refractivity contribution < 1.29 is 8.78 Å². The summed E-state index contributed by atoms with van der Waals surface area (Å²) in [5.41, 5.74) is 1.36. The van der Waals surface area contributed by atoms with Gasteiger partial charge in [-0.3, -0.25) is 0 Å². The average Bonchev–Trinajstić information content (AvgIpc) is 2.42. The molecule has 0 radical (unpaired) electrons. The number of hydrogen-bond acceptors (Lipinski definition) is 1. The molecule has 4 heteroatoms. The van der Waals surface area contributed by atoms with Crippen molar-refractivity contribution >= 4 is 11.6 Å². The van der Waals surface area contributed by atoms with E-state index in [-0.39, 0.29) is 22.9 Å². The first-order chi connectivity index (χ1) is 9.49. The van der Waals surface area contributed by atoms with Crippen molar-refractivity contribution in [1.29, 1.82) is 0 Å². The van der Waals surface area contributed by atoms with Crippen LogP contribution in [0.3, 0.4) is 0 Å². The van der Waals surface area contributed by atoms with Gasteiger partial charge in [0.1, 0.15) is 11.6 Å². The van der Waals surface area contributed by atoms with Crippen LogP contribution in [0.1, 0.15) is 37.1 Å². The van der Waals surface area contributed by atoms with Gasteiger partial charge in [-0.15, -0.1) is 0 Å². The molecule has 0 saturated carbocycles. The van der Waals surface area contributed by atoms with Crippen LogP contribution < -0.4 is 5.32 Å². The molecule has 0 aliphatic carbocycles. The van der Waals surface area contributed by atoms with E-state index in [4.69, 9.17) is 11.6 Å². The first-order valence-corrected chi connectivity index (χ1v) is 6.82. The second-order valence-corrected chi connectivity index (χ2v) is 5.21. The Kier molecular flexibility index (Phi) is 4.73. The smallest absolute Gasteiger partial charge is 0.142 e. The van der Waals surface area contributed by atoms with Gasteiger partial charge in [0.2, 0.25) is 0 Å². The number of benzene rings is 2. The lowest BCUT2D eigenvalue weighted by atomic mass is 10.0. The predicted molar refractivity (Wildman–Crippen MR) is 77.8 cm³/mol. The number of hydrogen-bond donors (Lipinski definition) is 1. The van der Waals surface area contributed by atoms with Crippen LogP contribution in [0, 0.1) is 11.6 Å². The van der Waals surface area contributed by atoms with E-state index >= 15 is 0 Å². The molecular formula is C16H16ClF2N. The standard InChI is InChI=1S/C16H16ClF2N/c1-10(12-7-8-14(17)16(19)9-12)20-11(2)13-5-3-4-6-15(13)18/h3-11,20H,1-2H3. The van der Waals surface area contributed by atoms with Crippen LogP contribution in [0.2, 0.25) is 5.02 Å². The highest BCUT2D eigenvalue weighted by atomic mass is 35.5. The van der Waals surface area contributed by atoms with Gasteiger partial charge in [0, 0.05) is 17.6 Å². The van der Waals surface area contributed by atoms with Crippen molar-refractivity contribution in [2.24, 2.45) is 0 Å². The molecule has 0 fully saturated rings. The summed E-state index contributed by atoms with van der Waals surface area (Å²) in [7, 11) is 0. The van der Waals surface area contributed by atoms with E-state index in [1.807, 2.05) is 13.8 Å². The van der Waals surface area contributed by atoms with E-state index < -0.39 is 5.82 Å². The van der Waals surface area contributed by atoms with Gasteiger partial charge < -0.3 is 5.32 Å². The fraction of sp³-hybridized carbons (Fsp3) is 0.250. The van der Waals surface area contributed by atoms with E-state index in [1.165, 1.54) is 18.2 Å². The molecule has 0 aliphatic rings. The van der Waals surface area contributed by atoms with E-state index in [1.54, 1.807) is 24.3 Å². The van der Waals surface area contributed by atoms with Crippen LogP contribution in [-0.2, 0) is 0 Å². The summed E-state index contributed by atoms with van der Waals surface area (Å²) in [5, 5.41) is 3.35. The zero-order valence-electron chi connectivity index (χ0n) is 11.3. The van der Waals surface area contributed by atoms with Gasteiger partial charge in [0.05, 0.1) is 5.02 Å². The van der Waals surface area contributed by atoms with Crippen LogP contribution >= 0.6 is 11.6 Å². The summed E-state index contributed by atoms with van der Waals surface area (Å²) in [6, 6.07) is 11.0. The molecule has 2 rings (SSSR count). The first kappa shape index (κ1) is 14.9. The lowest BCUT2D eigenvalue weighted by Crippen LogP contribution is -2.23. The molecule has 20 heavy (non-hydrogen) atoms.